The highest BCUT2D eigenvalue weighted by atomic mass is 16.5. The zero-order chi connectivity index (χ0) is 11.8. The van der Waals surface area contributed by atoms with Crippen LogP contribution in [0.5, 0.6) is 0 Å². The molecule has 0 aliphatic carbocycles. The number of carbonyl (C=O) groups excluding carboxylic acids is 1. The van der Waals surface area contributed by atoms with Crippen LogP contribution < -0.4 is 0 Å². The molecular weight excluding hydrogens is 192 g/mol. The van der Waals surface area contributed by atoms with E-state index in [0.29, 0.717) is 13.2 Å². The summed E-state index contributed by atoms with van der Waals surface area (Å²) in [5.41, 5.74) is 0. The maximum atomic E-state index is 11.8. The summed E-state index contributed by atoms with van der Waals surface area (Å²) in [5.74, 6) is 0. The normalized spacial score (nSPS) is 10.5. The number of hydrogen-bond donors (Lipinski definition) is 0. The van der Waals surface area contributed by atoms with Crippen molar-refractivity contribution in [3.63, 3.8) is 0 Å². The lowest BCUT2D eigenvalue weighted by Crippen LogP contribution is -2.42. The number of ether oxygens (including phenoxy) is 1. The summed E-state index contributed by atoms with van der Waals surface area (Å²) < 4.78 is 5.40. The van der Waals surface area contributed by atoms with Crippen molar-refractivity contribution >= 4 is 6.03 Å². The van der Waals surface area contributed by atoms with E-state index in [1.165, 1.54) is 0 Å². The number of amides is 2. The van der Waals surface area contributed by atoms with Crippen LogP contribution in [-0.4, -0.2) is 55.2 Å². The van der Waals surface area contributed by atoms with Crippen LogP contribution in [0.4, 0.5) is 4.79 Å². The lowest BCUT2D eigenvalue weighted by molar-refractivity contribution is 0.0647. The van der Waals surface area contributed by atoms with E-state index in [-0.39, 0.29) is 12.1 Å². The highest BCUT2D eigenvalue weighted by Gasteiger charge is 2.14. The predicted octanol–water partition coefficient (Wildman–Crippen LogP) is 1.80. The van der Waals surface area contributed by atoms with E-state index in [2.05, 4.69) is 0 Å². The molecule has 0 aromatic rings. The van der Waals surface area contributed by atoms with Crippen LogP contribution in [-0.2, 0) is 4.74 Å². The summed E-state index contributed by atoms with van der Waals surface area (Å²) in [6.07, 6.45) is 0.224. The second-order valence-electron chi connectivity index (χ2n) is 3.80. The van der Waals surface area contributed by atoms with Crippen molar-refractivity contribution in [2.75, 3.05) is 33.3 Å². The molecule has 0 aliphatic rings. The van der Waals surface area contributed by atoms with Gasteiger partial charge in [-0.3, -0.25) is 0 Å². The molecule has 0 fully saturated rings. The minimum absolute atomic E-state index is 0.0763. The van der Waals surface area contributed by atoms with Gasteiger partial charge in [0.1, 0.15) is 0 Å². The first-order valence-electron chi connectivity index (χ1n) is 5.64. The topological polar surface area (TPSA) is 32.8 Å². The molecule has 0 bridgehead atoms. The van der Waals surface area contributed by atoms with E-state index < -0.39 is 0 Å². The Morgan fingerprint density at radius 3 is 2.20 bits per heavy atom. The predicted molar refractivity (Wildman–Crippen MR) is 62.0 cm³/mol. The van der Waals surface area contributed by atoms with E-state index in [1.807, 2.05) is 34.7 Å². The smallest absolute Gasteiger partial charge is 0.319 e. The van der Waals surface area contributed by atoms with Crippen LogP contribution in [0.15, 0.2) is 0 Å². The number of likely N-dealkylation sites (N-methyl/N-ethyl adjacent to an activating group) is 1. The Labute approximate surface area is 93.2 Å². The minimum Gasteiger partial charge on any atom is -0.377 e. The van der Waals surface area contributed by atoms with Crippen LogP contribution in [0.3, 0.4) is 0 Å². The highest BCUT2D eigenvalue weighted by Crippen LogP contribution is 1.97. The summed E-state index contributed by atoms with van der Waals surface area (Å²) in [5, 5.41) is 0. The lowest BCUT2D eigenvalue weighted by Gasteiger charge is -2.26. The fourth-order valence-electron chi connectivity index (χ4n) is 1.26. The van der Waals surface area contributed by atoms with Gasteiger partial charge in [-0.1, -0.05) is 0 Å². The van der Waals surface area contributed by atoms with Gasteiger partial charge in [-0.2, -0.15) is 0 Å². The average Bonchev–Trinajstić information content (AvgIpc) is 2.18. The number of hydrogen-bond acceptors (Lipinski definition) is 2. The molecule has 0 aromatic carbocycles. The molecule has 0 saturated carbocycles. The lowest BCUT2D eigenvalue weighted by atomic mass is 10.4. The number of carbonyl (C=O) groups is 1. The fourth-order valence-corrected chi connectivity index (χ4v) is 1.26. The molecule has 4 nitrogen and oxygen atoms in total. The summed E-state index contributed by atoms with van der Waals surface area (Å²) in [6, 6.07) is 0.0763. The second kappa shape index (κ2) is 7.51. The fraction of sp³-hybridized carbons (Fsp3) is 0.909. The zero-order valence-electron chi connectivity index (χ0n) is 10.6. The Morgan fingerprint density at radius 1 is 1.27 bits per heavy atom. The SMILES string of the molecule is CCN(CC)C(=O)N(C)CCOC(C)C. The Hall–Kier alpha value is -0.770. The largest absolute Gasteiger partial charge is 0.377 e. The zero-order valence-corrected chi connectivity index (χ0v) is 10.6. The number of urea groups is 1. The van der Waals surface area contributed by atoms with Gasteiger partial charge in [0.25, 0.3) is 0 Å². The standard InChI is InChI=1S/C11H24N2O2/c1-6-13(7-2)11(14)12(5)8-9-15-10(3)4/h10H,6-9H2,1-5H3. The molecule has 0 saturated heterocycles. The minimum atomic E-state index is 0.0763. The Balaban J connectivity index is 3.87. The molecule has 0 N–H and O–H groups in total. The van der Waals surface area contributed by atoms with Gasteiger partial charge in [0.05, 0.1) is 12.7 Å². The molecule has 0 radical (unpaired) electrons. The van der Waals surface area contributed by atoms with Gasteiger partial charge in [-0.05, 0) is 27.7 Å². The third-order valence-corrected chi connectivity index (χ3v) is 2.24. The first-order valence-corrected chi connectivity index (χ1v) is 5.64. The Bertz CT molecular complexity index is 179. The molecule has 0 rings (SSSR count). The van der Waals surface area contributed by atoms with Gasteiger partial charge in [0.2, 0.25) is 0 Å². The van der Waals surface area contributed by atoms with Crippen molar-refractivity contribution < 1.29 is 9.53 Å². The third-order valence-electron chi connectivity index (χ3n) is 2.24. The monoisotopic (exact) mass is 216 g/mol. The van der Waals surface area contributed by atoms with Gasteiger partial charge in [-0.25, -0.2) is 4.79 Å². The first kappa shape index (κ1) is 14.2. The summed E-state index contributed by atoms with van der Waals surface area (Å²) in [6.45, 7) is 10.7. The van der Waals surface area contributed by atoms with Gasteiger partial charge >= 0.3 is 6.03 Å². The molecule has 15 heavy (non-hydrogen) atoms. The molecule has 0 aliphatic heterocycles. The van der Waals surface area contributed by atoms with Gasteiger partial charge in [0.15, 0.2) is 0 Å². The molecule has 0 unspecified atom stereocenters. The molecule has 0 heterocycles. The van der Waals surface area contributed by atoms with Gasteiger partial charge < -0.3 is 14.5 Å². The second-order valence-corrected chi connectivity index (χ2v) is 3.80. The van der Waals surface area contributed by atoms with Gasteiger partial charge in [0, 0.05) is 26.7 Å². The van der Waals surface area contributed by atoms with E-state index in [4.69, 9.17) is 4.74 Å². The van der Waals surface area contributed by atoms with Crippen LogP contribution in [0, 0.1) is 0 Å². The van der Waals surface area contributed by atoms with Crippen molar-refractivity contribution in [1.82, 2.24) is 9.80 Å². The molecule has 2 amide bonds. The maximum absolute atomic E-state index is 11.8. The molecule has 0 atom stereocenters. The van der Waals surface area contributed by atoms with Crippen LogP contribution in [0.2, 0.25) is 0 Å². The van der Waals surface area contributed by atoms with E-state index in [1.54, 1.807) is 9.80 Å². The summed E-state index contributed by atoms with van der Waals surface area (Å²) >= 11 is 0. The van der Waals surface area contributed by atoms with E-state index in [9.17, 15) is 4.79 Å². The van der Waals surface area contributed by atoms with Crippen molar-refractivity contribution in [3.8, 4) is 0 Å². The molecule has 0 aromatic heterocycles. The average molecular weight is 216 g/mol. The maximum Gasteiger partial charge on any atom is 0.319 e. The Morgan fingerprint density at radius 2 is 1.80 bits per heavy atom. The summed E-state index contributed by atoms with van der Waals surface area (Å²) in [7, 11) is 1.81. The van der Waals surface area contributed by atoms with E-state index >= 15 is 0 Å². The van der Waals surface area contributed by atoms with Crippen molar-refractivity contribution in [2.45, 2.75) is 33.8 Å². The first-order chi connectivity index (χ1) is 7.02. The molecular formula is C11H24N2O2. The van der Waals surface area contributed by atoms with Crippen molar-refractivity contribution in [2.24, 2.45) is 0 Å². The summed E-state index contributed by atoms with van der Waals surface area (Å²) in [4.78, 5) is 15.3. The van der Waals surface area contributed by atoms with Gasteiger partial charge in [-0.15, -0.1) is 0 Å². The van der Waals surface area contributed by atoms with Crippen molar-refractivity contribution in [3.05, 3.63) is 0 Å². The number of nitrogens with zero attached hydrogens (tertiary/aromatic N) is 2. The van der Waals surface area contributed by atoms with Crippen LogP contribution in [0.1, 0.15) is 27.7 Å². The van der Waals surface area contributed by atoms with Crippen molar-refractivity contribution in [1.29, 1.82) is 0 Å². The molecule has 90 valence electrons. The van der Waals surface area contributed by atoms with Crippen LogP contribution in [0.25, 0.3) is 0 Å². The highest BCUT2D eigenvalue weighted by molar-refractivity contribution is 5.74. The quantitative estimate of drug-likeness (QED) is 0.678. The molecule has 0 spiro atoms. The molecule has 4 heteroatoms. The third kappa shape index (κ3) is 5.62. The van der Waals surface area contributed by atoms with E-state index in [0.717, 1.165) is 13.1 Å². The van der Waals surface area contributed by atoms with Crippen LogP contribution >= 0.6 is 0 Å². The Kier molecular flexibility index (Phi) is 7.13. The number of rotatable bonds is 6.